The van der Waals surface area contributed by atoms with Gasteiger partial charge >= 0.3 is 17.4 Å². The molecule has 1 unspecified atom stereocenters. The normalized spacial score (nSPS) is 14.9. The van der Waals surface area contributed by atoms with E-state index in [1.54, 1.807) is 0 Å². The zero-order valence-electron chi connectivity index (χ0n) is 9.02. The summed E-state index contributed by atoms with van der Waals surface area (Å²) in [6.45, 7) is 0. The van der Waals surface area contributed by atoms with Gasteiger partial charge in [-0.3, -0.25) is 5.10 Å². The molecule has 0 radical (unpaired) electrons. The molecule has 0 amide bonds. The minimum atomic E-state index is -6.71. The number of aromatic nitrogens is 2. The topological polar surface area (TPSA) is 112 Å². The summed E-state index contributed by atoms with van der Waals surface area (Å²) in [5.41, 5.74) is -0.738. The number of esters is 1. The Morgan fingerprint density at radius 3 is 2.25 bits per heavy atom. The van der Waals surface area contributed by atoms with Crippen LogP contribution in [0.2, 0.25) is 0 Å². The van der Waals surface area contributed by atoms with E-state index in [9.17, 15) is 39.7 Å². The van der Waals surface area contributed by atoms with Gasteiger partial charge in [-0.15, -0.1) is 0 Å². The largest absolute Gasteiger partial charge is 0.743 e. The Bertz CT molecular complexity index is 581. The first-order chi connectivity index (χ1) is 8.87. The molecule has 1 atom stereocenters. The van der Waals surface area contributed by atoms with E-state index in [2.05, 4.69) is 9.84 Å². The number of carbonyl (C=O) groups is 1. The van der Waals surface area contributed by atoms with Crippen LogP contribution in [-0.2, 0) is 14.9 Å². The van der Waals surface area contributed by atoms with E-state index >= 15 is 0 Å². The number of halogens is 5. The molecule has 0 saturated carbocycles. The van der Waals surface area contributed by atoms with Crippen LogP contribution in [0.15, 0.2) is 12.3 Å². The first-order valence-electron chi connectivity index (χ1n) is 4.47. The summed E-state index contributed by atoms with van der Waals surface area (Å²) < 4.78 is 97.0. The molecular formula is C7H4F5N2O5S-. The maximum atomic E-state index is 13.0. The molecule has 0 aliphatic rings. The second-order valence-electron chi connectivity index (χ2n) is 3.31. The second kappa shape index (κ2) is 4.97. The van der Waals surface area contributed by atoms with Gasteiger partial charge in [-0.05, 0) is 6.07 Å². The fourth-order valence-electron chi connectivity index (χ4n) is 0.997. The number of hydrogen-bond donors (Lipinski definition) is 1. The van der Waals surface area contributed by atoms with Crippen LogP contribution in [-0.4, -0.2) is 46.7 Å². The van der Waals surface area contributed by atoms with Gasteiger partial charge in [-0.2, -0.15) is 27.1 Å². The lowest BCUT2D eigenvalue weighted by Crippen LogP contribution is -2.52. The van der Waals surface area contributed by atoms with Crippen molar-refractivity contribution in [3.8, 4) is 0 Å². The Morgan fingerprint density at radius 2 is 1.90 bits per heavy atom. The molecule has 13 heteroatoms. The number of alkyl halides is 5. The summed E-state index contributed by atoms with van der Waals surface area (Å²) in [4.78, 5) is 11.1. The van der Waals surface area contributed by atoms with E-state index in [4.69, 9.17) is 0 Å². The number of H-pyrrole nitrogens is 1. The average molecular weight is 323 g/mol. The van der Waals surface area contributed by atoms with Crippen LogP contribution in [0.5, 0.6) is 0 Å². The van der Waals surface area contributed by atoms with E-state index in [1.807, 2.05) is 5.10 Å². The van der Waals surface area contributed by atoms with Crippen molar-refractivity contribution in [2.24, 2.45) is 0 Å². The number of aromatic amines is 1. The molecule has 0 fully saturated rings. The Hall–Kier alpha value is -1.76. The maximum Gasteiger partial charge on any atom is 0.432 e. The highest BCUT2D eigenvalue weighted by molar-refractivity contribution is 7.86. The number of hydrogen-bond acceptors (Lipinski definition) is 6. The van der Waals surface area contributed by atoms with Crippen LogP contribution < -0.4 is 0 Å². The van der Waals surface area contributed by atoms with Crippen LogP contribution in [0.3, 0.4) is 0 Å². The predicted molar refractivity (Wildman–Crippen MR) is 48.5 cm³/mol. The molecule has 114 valence electrons. The van der Waals surface area contributed by atoms with Gasteiger partial charge in [0, 0.05) is 6.20 Å². The van der Waals surface area contributed by atoms with Crippen molar-refractivity contribution >= 4 is 16.1 Å². The molecule has 0 bridgehead atoms. The number of carbonyl (C=O) groups excluding carboxylic acids is 1. The van der Waals surface area contributed by atoms with Gasteiger partial charge in [0.15, 0.2) is 10.1 Å². The van der Waals surface area contributed by atoms with Crippen molar-refractivity contribution in [3.63, 3.8) is 0 Å². The minimum absolute atomic E-state index is 0.738. The van der Waals surface area contributed by atoms with Crippen LogP contribution >= 0.6 is 0 Å². The van der Waals surface area contributed by atoms with Crippen LogP contribution in [0.1, 0.15) is 10.5 Å². The van der Waals surface area contributed by atoms with Gasteiger partial charge in [-0.1, -0.05) is 0 Å². The Labute approximate surface area is 107 Å². The number of rotatable bonds is 4. The third-order valence-corrected chi connectivity index (χ3v) is 2.76. The molecule has 0 aromatic carbocycles. The summed E-state index contributed by atoms with van der Waals surface area (Å²) in [5, 5.41) is -0.905. The van der Waals surface area contributed by atoms with Crippen molar-refractivity contribution in [1.29, 1.82) is 0 Å². The van der Waals surface area contributed by atoms with Crippen LogP contribution in [0, 0.1) is 0 Å². The third kappa shape index (κ3) is 3.22. The molecule has 1 heterocycles. The smallest absolute Gasteiger partial charge is 0.432 e. The minimum Gasteiger partial charge on any atom is -0.743 e. The lowest BCUT2D eigenvalue weighted by Gasteiger charge is -2.29. The van der Waals surface area contributed by atoms with Gasteiger partial charge < -0.3 is 9.29 Å². The highest BCUT2D eigenvalue weighted by atomic mass is 32.2. The predicted octanol–water partition coefficient (Wildman–Crippen LogP) is 0.635. The molecule has 1 aromatic heterocycles. The fraction of sp³-hybridized carbons (Fsp3) is 0.429. The van der Waals surface area contributed by atoms with Crippen LogP contribution in [0.25, 0.3) is 0 Å². The highest BCUT2D eigenvalue weighted by Crippen LogP contribution is 2.38. The third-order valence-electron chi connectivity index (χ3n) is 1.88. The zero-order valence-corrected chi connectivity index (χ0v) is 9.84. The second-order valence-corrected chi connectivity index (χ2v) is 4.77. The average Bonchev–Trinajstić information content (AvgIpc) is 2.75. The van der Waals surface area contributed by atoms with Gasteiger partial charge in [-0.25, -0.2) is 13.2 Å². The standard InChI is InChI=1S/C7H5F5N2O5S/c8-6(9,10)5(7(11,12)20(16,17)18)19-4(15)3-1-2-13-14-3/h1-2,5H,(H,13,14)(H,16,17,18)/p-1. The molecule has 0 saturated heterocycles. The quantitative estimate of drug-likeness (QED) is 0.494. The van der Waals surface area contributed by atoms with E-state index in [-0.39, 0.29) is 0 Å². The van der Waals surface area contributed by atoms with Crippen molar-refractivity contribution in [2.75, 3.05) is 0 Å². The van der Waals surface area contributed by atoms with Gasteiger partial charge in [0.2, 0.25) is 0 Å². The van der Waals surface area contributed by atoms with Crippen molar-refractivity contribution in [3.05, 3.63) is 18.0 Å². The molecule has 1 N–H and O–H groups in total. The number of ether oxygens (including phenoxy) is 1. The number of nitrogens with one attached hydrogen (secondary N) is 1. The molecule has 0 aliphatic carbocycles. The van der Waals surface area contributed by atoms with E-state index in [0.29, 0.717) is 0 Å². The molecular weight excluding hydrogens is 319 g/mol. The molecule has 1 aromatic rings. The van der Waals surface area contributed by atoms with Crippen molar-refractivity contribution in [2.45, 2.75) is 17.5 Å². The molecule has 7 nitrogen and oxygen atoms in total. The lowest BCUT2D eigenvalue weighted by atomic mass is 10.3. The van der Waals surface area contributed by atoms with E-state index in [0.717, 1.165) is 12.3 Å². The monoisotopic (exact) mass is 323 g/mol. The number of nitrogens with zero attached hydrogens (tertiary/aromatic N) is 1. The van der Waals surface area contributed by atoms with Crippen molar-refractivity contribution in [1.82, 2.24) is 10.2 Å². The van der Waals surface area contributed by atoms with Gasteiger partial charge in [0.1, 0.15) is 5.69 Å². The van der Waals surface area contributed by atoms with Gasteiger partial charge in [0.25, 0.3) is 6.10 Å². The summed E-state index contributed by atoms with van der Waals surface area (Å²) in [6.07, 6.45) is -9.51. The SMILES string of the molecule is O=C(OC(C(F)(F)F)C(F)(F)S(=O)(=O)[O-])c1ccn[nH]1. The fourth-order valence-corrected chi connectivity index (χ4v) is 1.44. The molecule has 20 heavy (non-hydrogen) atoms. The van der Waals surface area contributed by atoms with Gasteiger partial charge in [0.05, 0.1) is 0 Å². The van der Waals surface area contributed by atoms with E-state index in [1.165, 1.54) is 0 Å². The Balaban J connectivity index is 3.13. The van der Waals surface area contributed by atoms with E-state index < -0.39 is 39.3 Å². The summed E-state index contributed by atoms with van der Waals surface area (Å²) in [6, 6.07) is 0.791. The maximum absolute atomic E-state index is 13.0. The molecule has 0 aliphatic heterocycles. The summed E-state index contributed by atoms with van der Waals surface area (Å²) in [7, 11) is -6.71. The summed E-state index contributed by atoms with van der Waals surface area (Å²) >= 11 is 0. The van der Waals surface area contributed by atoms with Crippen molar-refractivity contribution < 1.29 is 44.5 Å². The Morgan fingerprint density at radius 1 is 1.35 bits per heavy atom. The molecule has 1 rings (SSSR count). The highest BCUT2D eigenvalue weighted by Gasteiger charge is 2.63. The summed E-state index contributed by atoms with van der Waals surface area (Å²) in [5.74, 6) is -1.95. The zero-order chi connectivity index (χ0) is 15.8. The van der Waals surface area contributed by atoms with Crippen LogP contribution in [0.4, 0.5) is 22.0 Å². The molecule has 0 spiro atoms. The first-order valence-corrected chi connectivity index (χ1v) is 5.88. The Kier molecular flexibility index (Phi) is 4.05. The first kappa shape index (κ1) is 16.3. The lowest BCUT2D eigenvalue weighted by molar-refractivity contribution is -0.248.